The third-order valence-corrected chi connectivity index (χ3v) is 3.67. The average Bonchev–Trinajstić information content (AvgIpc) is 3.22. The quantitative estimate of drug-likeness (QED) is 0.821. The monoisotopic (exact) mass is 272 g/mol. The smallest absolute Gasteiger partial charge is 0.353 e. The van der Waals surface area contributed by atoms with Crippen LogP contribution in [0.3, 0.4) is 0 Å². The van der Waals surface area contributed by atoms with Gasteiger partial charge in [0.15, 0.2) is 5.82 Å². The van der Waals surface area contributed by atoms with Crippen molar-refractivity contribution in [3.8, 4) is 0 Å². The second-order valence-corrected chi connectivity index (χ2v) is 5.05. The minimum Gasteiger partial charge on any atom is -0.353 e. The number of hydrogen-bond acceptors (Lipinski definition) is 4. The summed E-state index contributed by atoms with van der Waals surface area (Å²) in [6.45, 7) is 3.21. The molecule has 104 valence electrons. The molecular formula is C12H15F3N4. The van der Waals surface area contributed by atoms with E-state index in [0.717, 1.165) is 25.4 Å². The largest absolute Gasteiger partial charge is 0.418 e. The Morgan fingerprint density at radius 1 is 1.11 bits per heavy atom. The fourth-order valence-corrected chi connectivity index (χ4v) is 2.42. The maximum Gasteiger partial charge on any atom is 0.418 e. The summed E-state index contributed by atoms with van der Waals surface area (Å²) in [7, 11) is 0. The molecule has 1 aliphatic carbocycles. The Morgan fingerprint density at radius 3 is 2.37 bits per heavy atom. The Morgan fingerprint density at radius 2 is 1.79 bits per heavy atom. The molecule has 1 aromatic heterocycles. The molecule has 0 amide bonds. The highest BCUT2D eigenvalue weighted by Crippen LogP contribution is 2.31. The molecule has 1 aliphatic heterocycles. The number of halogens is 3. The summed E-state index contributed by atoms with van der Waals surface area (Å²) >= 11 is 0. The highest BCUT2D eigenvalue weighted by molar-refractivity contribution is 5.40. The predicted molar refractivity (Wildman–Crippen MR) is 63.8 cm³/mol. The molecule has 7 heteroatoms. The molecule has 4 nitrogen and oxygen atoms in total. The lowest BCUT2D eigenvalue weighted by Crippen LogP contribution is -2.47. The minimum absolute atomic E-state index is 0.324. The minimum atomic E-state index is -4.36. The van der Waals surface area contributed by atoms with Gasteiger partial charge in [-0.2, -0.15) is 18.3 Å². The molecule has 0 atom stereocenters. The van der Waals surface area contributed by atoms with Gasteiger partial charge in [-0.25, -0.2) is 0 Å². The molecule has 1 saturated carbocycles. The van der Waals surface area contributed by atoms with E-state index in [1.807, 2.05) is 4.90 Å². The molecule has 0 unspecified atom stereocenters. The Bertz CT molecular complexity index is 451. The molecule has 0 radical (unpaired) electrons. The molecule has 0 N–H and O–H groups in total. The zero-order valence-corrected chi connectivity index (χ0v) is 10.4. The van der Waals surface area contributed by atoms with E-state index in [4.69, 9.17) is 0 Å². The first kappa shape index (κ1) is 12.7. The summed E-state index contributed by atoms with van der Waals surface area (Å²) in [4.78, 5) is 4.28. The van der Waals surface area contributed by atoms with Crippen LogP contribution < -0.4 is 4.90 Å². The number of piperazine rings is 1. The zero-order chi connectivity index (χ0) is 13.5. The molecule has 3 rings (SSSR count). The van der Waals surface area contributed by atoms with Crippen LogP contribution in [0.25, 0.3) is 0 Å². The lowest BCUT2D eigenvalue weighted by Gasteiger charge is -2.35. The molecule has 0 bridgehead atoms. The molecule has 2 aliphatic rings. The first-order valence-corrected chi connectivity index (χ1v) is 6.43. The van der Waals surface area contributed by atoms with Crippen molar-refractivity contribution < 1.29 is 13.2 Å². The van der Waals surface area contributed by atoms with Gasteiger partial charge in [0.2, 0.25) is 0 Å². The van der Waals surface area contributed by atoms with E-state index in [1.54, 1.807) is 0 Å². The van der Waals surface area contributed by atoms with Crippen LogP contribution in [0.4, 0.5) is 19.0 Å². The lowest BCUT2D eigenvalue weighted by atomic mass is 10.2. The summed E-state index contributed by atoms with van der Waals surface area (Å²) in [5.74, 6) is 0.324. The molecule has 0 aromatic carbocycles. The van der Waals surface area contributed by atoms with E-state index in [2.05, 4.69) is 15.1 Å². The SMILES string of the molecule is FC(F)(F)c1cnnc(N2CCN(C3CC3)CC2)c1. The van der Waals surface area contributed by atoms with Gasteiger partial charge in [-0.05, 0) is 18.9 Å². The number of aromatic nitrogens is 2. The van der Waals surface area contributed by atoms with Crippen molar-refractivity contribution in [2.45, 2.75) is 25.1 Å². The standard InChI is InChI=1S/C12H15F3N4/c13-12(14,15)9-7-11(17-16-8-9)19-5-3-18(4-6-19)10-1-2-10/h7-8,10H,1-6H2. The van der Waals surface area contributed by atoms with E-state index in [1.165, 1.54) is 12.8 Å². The van der Waals surface area contributed by atoms with E-state index in [-0.39, 0.29) is 0 Å². The van der Waals surface area contributed by atoms with E-state index >= 15 is 0 Å². The van der Waals surface area contributed by atoms with Crippen LogP contribution in [0, 0.1) is 0 Å². The highest BCUT2D eigenvalue weighted by atomic mass is 19.4. The van der Waals surface area contributed by atoms with Crippen molar-refractivity contribution in [3.63, 3.8) is 0 Å². The van der Waals surface area contributed by atoms with Crippen molar-refractivity contribution in [1.29, 1.82) is 0 Å². The van der Waals surface area contributed by atoms with E-state index in [0.29, 0.717) is 24.9 Å². The summed E-state index contributed by atoms with van der Waals surface area (Å²) in [6.07, 6.45) is -1.09. The molecule has 0 spiro atoms. The second kappa shape index (κ2) is 4.63. The van der Waals surface area contributed by atoms with E-state index in [9.17, 15) is 13.2 Å². The molecule has 19 heavy (non-hydrogen) atoms. The van der Waals surface area contributed by atoms with Gasteiger partial charge in [-0.15, -0.1) is 5.10 Å². The normalized spacial score (nSPS) is 21.7. The molecular weight excluding hydrogens is 257 g/mol. The zero-order valence-electron chi connectivity index (χ0n) is 10.4. The summed E-state index contributed by atoms with van der Waals surface area (Å²) < 4.78 is 37.9. The van der Waals surface area contributed by atoms with Crippen molar-refractivity contribution in [2.75, 3.05) is 31.1 Å². The van der Waals surface area contributed by atoms with Crippen molar-refractivity contribution >= 4 is 5.82 Å². The van der Waals surface area contributed by atoms with Crippen LogP contribution in [-0.2, 0) is 6.18 Å². The predicted octanol–water partition coefficient (Wildman–Crippen LogP) is 1.78. The van der Waals surface area contributed by atoms with Crippen LogP contribution in [0.2, 0.25) is 0 Å². The van der Waals surface area contributed by atoms with Gasteiger partial charge >= 0.3 is 6.18 Å². The summed E-state index contributed by atoms with van der Waals surface area (Å²) in [5, 5.41) is 7.29. The Labute approximate surface area is 109 Å². The van der Waals surface area contributed by atoms with Crippen LogP contribution in [0.5, 0.6) is 0 Å². The maximum absolute atomic E-state index is 12.6. The Hall–Kier alpha value is -1.37. The van der Waals surface area contributed by atoms with Crippen molar-refractivity contribution in [2.24, 2.45) is 0 Å². The fraction of sp³-hybridized carbons (Fsp3) is 0.667. The van der Waals surface area contributed by atoms with E-state index < -0.39 is 11.7 Å². The maximum atomic E-state index is 12.6. The van der Waals surface area contributed by atoms with Gasteiger partial charge in [-0.3, -0.25) is 4.90 Å². The third-order valence-electron chi connectivity index (χ3n) is 3.67. The van der Waals surface area contributed by atoms with Gasteiger partial charge in [0.1, 0.15) is 0 Å². The molecule has 2 fully saturated rings. The van der Waals surface area contributed by atoms with Crippen LogP contribution in [0.15, 0.2) is 12.3 Å². The first-order chi connectivity index (χ1) is 9.04. The number of anilines is 1. The second-order valence-electron chi connectivity index (χ2n) is 5.05. The topological polar surface area (TPSA) is 32.3 Å². The molecule has 1 saturated heterocycles. The van der Waals surface area contributed by atoms with Gasteiger partial charge in [0.05, 0.1) is 11.8 Å². The number of rotatable bonds is 2. The number of nitrogens with zero attached hydrogens (tertiary/aromatic N) is 4. The lowest BCUT2D eigenvalue weighted by molar-refractivity contribution is -0.137. The Kier molecular flexibility index (Phi) is 3.08. The van der Waals surface area contributed by atoms with Crippen molar-refractivity contribution in [1.82, 2.24) is 15.1 Å². The number of hydrogen-bond donors (Lipinski definition) is 0. The first-order valence-electron chi connectivity index (χ1n) is 6.43. The summed E-state index contributed by atoms with van der Waals surface area (Å²) in [6, 6.07) is 1.79. The number of alkyl halides is 3. The van der Waals surface area contributed by atoms with Crippen LogP contribution in [-0.4, -0.2) is 47.3 Å². The molecule has 2 heterocycles. The molecule has 1 aromatic rings. The van der Waals surface area contributed by atoms with Crippen LogP contribution in [0.1, 0.15) is 18.4 Å². The van der Waals surface area contributed by atoms with Gasteiger partial charge in [0.25, 0.3) is 0 Å². The van der Waals surface area contributed by atoms with Gasteiger partial charge in [0, 0.05) is 32.2 Å². The Balaban J connectivity index is 1.69. The van der Waals surface area contributed by atoms with Gasteiger partial charge in [-0.1, -0.05) is 0 Å². The fourth-order valence-electron chi connectivity index (χ4n) is 2.42. The van der Waals surface area contributed by atoms with Crippen molar-refractivity contribution in [3.05, 3.63) is 17.8 Å². The average molecular weight is 272 g/mol. The van der Waals surface area contributed by atoms with Gasteiger partial charge < -0.3 is 4.90 Å². The summed E-state index contributed by atoms with van der Waals surface area (Å²) in [5.41, 5.74) is -0.734. The van der Waals surface area contributed by atoms with Crippen LogP contribution >= 0.6 is 0 Å². The third kappa shape index (κ3) is 2.80. The highest BCUT2D eigenvalue weighted by Gasteiger charge is 2.34.